The van der Waals surface area contributed by atoms with Gasteiger partial charge in [0.05, 0.1) is 47.1 Å². The van der Waals surface area contributed by atoms with Crippen LogP contribution >= 0.6 is 24.0 Å². The molecule has 0 aromatic heterocycles. The van der Waals surface area contributed by atoms with Gasteiger partial charge in [0.15, 0.2) is 5.96 Å². The van der Waals surface area contributed by atoms with Crippen LogP contribution < -0.4 is 34.3 Å². The smallest absolute Gasteiger partial charge is 0.191 e. The average Bonchev–Trinajstić information content (AvgIpc) is 2.78. The summed E-state index contributed by atoms with van der Waals surface area (Å²) in [4.78, 5) is 4.27. The first kappa shape index (κ1) is 26.5. The predicted molar refractivity (Wildman–Crippen MR) is 133 cm³/mol. The van der Waals surface area contributed by atoms with Crippen molar-refractivity contribution in [3.63, 3.8) is 0 Å². The number of aliphatic imine (C=N–C) groups is 1. The molecule has 0 saturated heterocycles. The van der Waals surface area contributed by atoms with E-state index in [9.17, 15) is 0 Å². The molecule has 2 aromatic carbocycles. The van der Waals surface area contributed by atoms with Gasteiger partial charge in [-0.1, -0.05) is 6.07 Å². The minimum absolute atomic E-state index is 0. The first-order valence-corrected chi connectivity index (χ1v) is 9.58. The highest BCUT2D eigenvalue weighted by Crippen LogP contribution is 2.33. The van der Waals surface area contributed by atoms with Crippen molar-refractivity contribution < 1.29 is 23.7 Å². The first-order valence-electron chi connectivity index (χ1n) is 9.58. The Bertz CT molecular complexity index is 823. The molecule has 2 N–H and O–H groups in total. The maximum Gasteiger partial charge on any atom is 0.191 e. The van der Waals surface area contributed by atoms with Gasteiger partial charge in [0.1, 0.15) is 34.9 Å². The van der Waals surface area contributed by atoms with Gasteiger partial charge >= 0.3 is 0 Å². The van der Waals surface area contributed by atoms with Crippen LogP contribution in [0.2, 0.25) is 0 Å². The third-order valence-corrected chi connectivity index (χ3v) is 4.41. The van der Waals surface area contributed by atoms with Crippen LogP contribution in [-0.4, -0.2) is 54.1 Å². The van der Waals surface area contributed by atoms with Crippen LogP contribution in [-0.2, 0) is 6.54 Å². The number of hydrogen-bond acceptors (Lipinski definition) is 6. The third-order valence-electron chi connectivity index (χ3n) is 4.41. The molecule has 0 aliphatic rings. The normalized spacial score (nSPS) is 11.6. The van der Waals surface area contributed by atoms with Crippen LogP contribution in [0.1, 0.15) is 12.5 Å². The molecule has 0 saturated carbocycles. The molecule has 8 nitrogen and oxygen atoms in total. The standard InChI is InChI=1S/C22H31N3O5.HI/c1-15(30-17-9-7-8-16(10-17)26-3)13-24-22(23-2)25-14-19-20(28-5)11-18(27-4)12-21(19)29-6;/h7-12,15H,13-14H2,1-6H3,(H2,23,24,25);1H. The zero-order valence-electron chi connectivity index (χ0n) is 18.9. The van der Waals surface area contributed by atoms with E-state index in [-0.39, 0.29) is 30.1 Å². The molecule has 0 aliphatic carbocycles. The molecule has 0 aliphatic heterocycles. The van der Waals surface area contributed by atoms with Crippen molar-refractivity contribution in [3.05, 3.63) is 42.0 Å². The Kier molecular flexibility index (Phi) is 11.7. The monoisotopic (exact) mass is 545 g/mol. The van der Waals surface area contributed by atoms with Crippen molar-refractivity contribution in [1.29, 1.82) is 0 Å². The highest BCUT2D eigenvalue weighted by Gasteiger charge is 2.14. The largest absolute Gasteiger partial charge is 0.497 e. The van der Waals surface area contributed by atoms with Crippen LogP contribution in [0, 0.1) is 0 Å². The SMILES string of the molecule is CN=C(NCc1c(OC)cc(OC)cc1OC)NCC(C)Oc1cccc(OC)c1.I. The summed E-state index contributed by atoms with van der Waals surface area (Å²) in [5.74, 6) is 4.15. The number of halogens is 1. The molecule has 0 bridgehead atoms. The van der Waals surface area contributed by atoms with Gasteiger partial charge in [-0.05, 0) is 19.1 Å². The maximum atomic E-state index is 5.93. The fourth-order valence-corrected chi connectivity index (χ4v) is 2.83. The van der Waals surface area contributed by atoms with Gasteiger partial charge in [-0.2, -0.15) is 0 Å². The highest BCUT2D eigenvalue weighted by atomic mass is 127. The Morgan fingerprint density at radius 3 is 2.03 bits per heavy atom. The molecule has 31 heavy (non-hydrogen) atoms. The molecule has 1 atom stereocenters. The van der Waals surface area contributed by atoms with E-state index in [1.54, 1.807) is 35.5 Å². The summed E-state index contributed by atoms with van der Waals surface area (Å²) in [7, 11) is 8.18. The van der Waals surface area contributed by atoms with Gasteiger partial charge in [-0.25, -0.2) is 0 Å². The van der Waals surface area contributed by atoms with Crippen molar-refractivity contribution in [3.8, 4) is 28.7 Å². The second-order valence-corrected chi connectivity index (χ2v) is 6.42. The Morgan fingerprint density at radius 1 is 0.871 bits per heavy atom. The topological polar surface area (TPSA) is 82.6 Å². The van der Waals surface area contributed by atoms with E-state index in [4.69, 9.17) is 23.7 Å². The van der Waals surface area contributed by atoms with Crippen molar-refractivity contribution in [1.82, 2.24) is 10.6 Å². The summed E-state index contributed by atoms with van der Waals surface area (Å²) in [6, 6.07) is 11.2. The molecule has 2 rings (SSSR count). The number of rotatable bonds is 10. The fraction of sp³-hybridized carbons (Fsp3) is 0.409. The van der Waals surface area contributed by atoms with E-state index in [1.165, 1.54) is 0 Å². The summed E-state index contributed by atoms with van der Waals surface area (Å²) in [6.07, 6.45) is -0.0827. The maximum absolute atomic E-state index is 5.93. The summed E-state index contributed by atoms with van der Waals surface area (Å²) >= 11 is 0. The second kappa shape index (κ2) is 13.7. The van der Waals surface area contributed by atoms with E-state index in [0.717, 1.165) is 17.1 Å². The Labute approximate surface area is 201 Å². The number of ether oxygens (including phenoxy) is 5. The molecule has 0 heterocycles. The number of nitrogens with zero attached hydrogens (tertiary/aromatic N) is 1. The van der Waals surface area contributed by atoms with Crippen LogP contribution in [0.5, 0.6) is 28.7 Å². The molecule has 172 valence electrons. The van der Waals surface area contributed by atoms with Crippen LogP contribution in [0.3, 0.4) is 0 Å². The van der Waals surface area contributed by atoms with Crippen molar-refractivity contribution in [2.45, 2.75) is 19.6 Å². The minimum atomic E-state index is -0.0827. The van der Waals surface area contributed by atoms with Crippen molar-refractivity contribution in [2.75, 3.05) is 42.0 Å². The molecule has 0 amide bonds. The van der Waals surface area contributed by atoms with Gasteiger partial charge in [0.25, 0.3) is 0 Å². The van der Waals surface area contributed by atoms with Crippen molar-refractivity contribution >= 4 is 29.9 Å². The van der Waals surface area contributed by atoms with Crippen molar-refractivity contribution in [2.24, 2.45) is 4.99 Å². The highest BCUT2D eigenvalue weighted by molar-refractivity contribution is 14.0. The van der Waals surface area contributed by atoms with Crippen LogP contribution in [0.4, 0.5) is 0 Å². The fourth-order valence-electron chi connectivity index (χ4n) is 2.83. The van der Waals surface area contributed by atoms with E-state index >= 15 is 0 Å². The van der Waals surface area contributed by atoms with Gasteiger partial charge in [-0.3, -0.25) is 4.99 Å². The lowest BCUT2D eigenvalue weighted by atomic mass is 10.1. The lowest BCUT2D eigenvalue weighted by Crippen LogP contribution is -2.41. The quantitative estimate of drug-likeness (QED) is 0.269. The lowest BCUT2D eigenvalue weighted by Gasteiger charge is -2.19. The summed E-state index contributed by atoms with van der Waals surface area (Å²) < 4.78 is 27.4. The minimum Gasteiger partial charge on any atom is -0.497 e. The Hall–Kier alpha value is -2.56. The molecule has 2 aromatic rings. The number of nitrogens with one attached hydrogen (secondary N) is 2. The number of benzene rings is 2. The van der Waals surface area contributed by atoms with E-state index in [0.29, 0.717) is 36.3 Å². The van der Waals surface area contributed by atoms with E-state index < -0.39 is 0 Å². The van der Waals surface area contributed by atoms with E-state index in [2.05, 4.69) is 15.6 Å². The average molecular weight is 545 g/mol. The summed E-state index contributed by atoms with van der Waals surface area (Å²) in [5.41, 5.74) is 0.865. The van der Waals surface area contributed by atoms with Gasteiger partial charge < -0.3 is 34.3 Å². The van der Waals surface area contributed by atoms with Gasteiger partial charge in [-0.15, -0.1) is 24.0 Å². The molecular weight excluding hydrogens is 513 g/mol. The summed E-state index contributed by atoms with van der Waals surface area (Å²) in [5, 5.41) is 6.53. The molecule has 0 spiro atoms. The van der Waals surface area contributed by atoms with Crippen LogP contribution in [0.15, 0.2) is 41.4 Å². The lowest BCUT2D eigenvalue weighted by molar-refractivity contribution is 0.223. The molecule has 0 fully saturated rings. The van der Waals surface area contributed by atoms with Gasteiger partial charge in [0, 0.05) is 25.2 Å². The second-order valence-electron chi connectivity index (χ2n) is 6.42. The Balaban J connectivity index is 0.00000480. The Morgan fingerprint density at radius 2 is 1.48 bits per heavy atom. The molecule has 0 radical (unpaired) electrons. The zero-order valence-corrected chi connectivity index (χ0v) is 21.2. The van der Waals surface area contributed by atoms with Gasteiger partial charge in [0.2, 0.25) is 0 Å². The third kappa shape index (κ3) is 7.89. The number of guanidine groups is 1. The molecule has 9 heteroatoms. The zero-order chi connectivity index (χ0) is 21.9. The number of methoxy groups -OCH3 is 4. The first-order chi connectivity index (χ1) is 14.5. The predicted octanol–water partition coefficient (Wildman–Crippen LogP) is 3.47. The van der Waals surface area contributed by atoms with E-state index in [1.807, 2.05) is 43.3 Å². The number of hydrogen-bond donors (Lipinski definition) is 2. The van der Waals surface area contributed by atoms with Crippen LogP contribution in [0.25, 0.3) is 0 Å². The summed E-state index contributed by atoms with van der Waals surface area (Å²) in [6.45, 7) is 3.00. The molecular formula is C22H32IN3O5. The molecule has 1 unspecified atom stereocenters.